The third-order valence-electron chi connectivity index (χ3n) is 3.01. The Balaban J connectivity index is 2.56. The number of hydrogen-bond donors (Lipinski definition) is 1. The van der Waals surface area contributed by atoms with Gasteiger partial charge in [0.05, 0.1) is 18.0 Å². The summed E-state index contributed by atoms with van der Waals surface area (Å²) in [5.41, 5.74) is 4.08. The summed E-state index contributed by atoms with van der Waals surface area (Å²) >= 11 is 6.13. The molecular weight excluding hydrogens is 296 g/mol. The van der Waals surface area contributed by atoms with Crippen molar-refractivity contribution in [1.29, 1.82) is 5.26 Å². The predicted octanol–water partition coefficient (Wildman–Crippen LogP) is 0.914. The number of carbonyl (C=O) groups is 2. The van der Waals surface area contributed by atoms with Gasteiger partial charge in [0.15, 0.2) is 5.38 Å². The summed E-state index contributed by atoms with van der Waals surface area (Å²) in [6.45, 7) is 0. The Morgan fingerprint density at radius 2 is 2.14 bits per heavy atom. The van der Waals surface area contributed by atoms with Gasteiger partial charge in [-0.15, -0.1) is 11.6 Å². The molecule has 1 aliphatic rings. The minimum atomic E-state index is -1.75. The Morgan fingerprint density at radius 3 is 2.67 bits per heavy atom. The number of halogens is 1. The third kappa shape index (κ3) is 2.53. The normalized spacial score (nSPS) is 24.5. The van der Waals surface area contributed by atoms with Crippen molar-refractivity contribution < 1.29 is 14.3 Å². The Bertz CT molecular complexity index is 652. The molecule has 1 aliphatic heterocycles. The van der Waals surface area contributed by atoms with Crippen molar-refractivity contribution in [2.45, 2.75) is 11.1 Å². The van der Waals surface area contributed by atoms with E-state index in [2.05, 4.69) is 4.99 Å². The van der Waals surface area contributed by atoms with Gasteiger partial charge in [-0.2, -0.15) is 5.26 Å². The first-order valence-corrected chi connectivity index (χ1v) is 6.29. The van der Waals surface area contributed by atoms with E-state index in [1.807, 2.05) is 6.07 Å². The van der Waals surface area contributed by atoms with Crippen molar-refractivity contribution in [1.82, 2.24) is 4.90 Å². The quantitative estimate of drug-likeness (QED) is 0.819. The summed E-state index contributed by atoms with van der Waals surface area (Å²) in [6.07, 6.45) is 0.0991. The molecule has 0 spiro atoms. The van der Waals surface area contributed by atoms with Gasteiger partial charge in [0, 0.05) is 12.6 Å². The Labute approximate surface area is 125 Å². The molecule has 0 aromatic heterocycles. The molecule has 2 rings (SSSR count). The number of nitriles is 1. The van der Waals surface area contributed by atoms with Crippen molar-refractivity contribution in [2.24, 2.45) is 10.7 Å². The standard InChI is InChI=1S/C13H11ClN4O3/c1-18-7-17-13(21-12(16)20,10(14)11(18)19)9-4-2-8(6-15)3-5-9/h2-5,7,10H,1H3,(H2,16,20). The predicted molar refractivity (Wildman–Crippen MR) is 74.4 cm³/mol. The van der Waals surface area contributed by atoms with Gasteiger partial charge in [-0.1, -0.05) is 12.1 Å². The molecule has 108 valence electrons. The largest absolute Gasteiger partial charge is 0.414 e. The lowest BCUT2D eigenvalue weighted by Gasteiger charge is -2.36. The lowest BCUT2D eigenvalue weighted by Crippen LogP contribution is -2.52. The summed E-state index contributed by atoms with van der Waals surface area (Å²) in [5, 5.41) is 7.53. The molecule has 0 saturated carbocycles. The minimum absolute atomic E-state index is 0.345. The van der Waals surface area contributed by atoms with Crippen molar-refractivity contribution in [3.8, 4) is 6.07 Å². The molecule has 0 bridgehead atoms. The number of aliphatic imine (C=N–C) groups is 1. The Kier molecular flexibility index (Phi) is 3.82. The van der Waals surface area contributed by atoms with E-state index in [0.717, 1.165) is 0 Å². The monoisotopic (exact) mass is 306 g/mol. The second-order valence-corrected chi connectivity index (χ2v) is 4.80. The van der Waals surface area contributed by atoms with Crippen molar-refractivity contribution in [2.75, 3.05) is 7.05 Å². The van der Waals surface area contributed by atoms with Crippen LogP contribution in [0.25, 0.3) is 0 Å². The number of primary amides is 1. The second-order valence-electron chi connectivity index (χ2n) is 4.36. The van der Waals surface area contributed by atoms with Crippen LogP contribution < -0.4 is 5.73 Å². The lowest BCUT2D eigenvalue weighted by atomic mass is 9.96. The zero-order chi connectivity index (χ0) is 15.6. The fourth-order valence-electron chi connectivity index (χ4n) is 1.94. The van der Waals surface area contributed by atoms with Crippen LogP contribution >= 0.6 is 11.6 Å². The molecule has 0 aliphatic carbocycles. The van der Waals surface area contributed by atoms with Gasteiger partial charge in [0.1, 0.15) is 0 Å². The molecule has 2 N–H and O–H groups in total. The van der Waals surface area contributed by atoms with Gasteiger partial charge in [0.25, 0.3) is 11.6 Å². The average Bonchev–Trinajstić information content (AvgIpc) is 2.48. The van der Waals surface area contributed by atoms with Crippen LogP contribution in [0.3, 0.4) is 0 Å². The molecule has 2 amide bonds. The summed E-state index contributed by atoms with van der Waals surface area (Å²) in [4.78, 5) is 28.5. The highest BCUT2D eigenvalue weighted by molar-refractivity contribution is 6.33. The average molecular weight is 307 g/mol. The summed E-state index contributed by atoms with van der Waals surface area (Å²) in [7, 11) is 1.48. The molecule has 1 aromatic carbocycles. The van der Waals surface area contributed by atoms with Gasteiger partial charge in [-0.05, 0) is 12.1 Å². The van der Waals surface area contributed by atoms with Crippen LogP contribution in [-0.2, 0) is 15.3 Å². The second kappa shape index (κ2) is 5.42. The van der Waals surface area contributed by atoms with Crippen LogP contribution in [0.5, 0.6) is 0 Å². The van der Waals surface area contributed by atoms with E-state index in [0.29, 0.717) is 11.1 Å². The van der Waals surface area contributed by atoms with Gasteiger partial charge in [-0.25, -0.2) is 9.79 Å². The maximum Gasteiger partial charge on any atom is 0.407 e. The third-order valence-corrected chi connectivity index (χ3v) is 3.50. The fourth-order valence-corrected chi connectivity index (χ4v) is 2.32. The van der Waals surface area contributed by atoms with E-state index in [1.165, 1.54) is 42.6 Å². The van der Waals surface area contributed by atoms with Gasteiger partial charge in [-0.3, -0.25) is 4.79 Å². The molecule has 8 heteroatoms. The SMILES string of the molecule is CN1C=NC(OC(N)=O)(c2ccc(C#N)cc2)C(Cl)C1=O. The number of amides is 2. The van der Waals surface area contributed by atoms with E-state index in [1.54, 1.807) is 0 Å². The first-order valence-electron chi connectivity index (χ1n) is 5.86. The highest BCUT2D eigenvalue weighted by Crippen LogP contribution is 2.37. The molecule has 2 atom stereocenters. The number of hydrogen-bond acceptors (Lipinski definition) is 5. The van der Waals surface area contributed by atoms with Crippen LogP contribution in [0, 0.1) is 11.3 Å². The zero-order valence-corrected chi connectivity index (χ0v) is 11.7. The van der Waals surface area contributed by atoms with Gasteiger partial charge < -0.3 is 15.4 Å². The van der Waals surface area contributed by atoms with E-state index in [4.69, 9.17) is 27.3 Å². The molecular formula is C13H11ClN4O3. The van der Waals surface area contributed by atoms with E-state index >= 15 is 0 Å². The smallest absolute Gasteiger partial charge is 0.407 e. The van der Waals surface area contributed by atoms with Gasteiger partial charge >= 0.3 is 6.09 Å². The van der Waals surface area contributed by atoms with E-state index in [9.17, 15) is 9.59 Å². The van der Waals surface area contributed by atoms with Crippen LogP contribution in [0.2, 0.25) is 0 Å². The van der Waals surface area contributed by atoms with Gasteiger partial charge in [0.2, 0.25) is 0 Å². The van der Waals surface area contributed by atoms with Crippen LogP contribution in [0.1, 0.15) is 11.1 Å². The molecule has 21 heavy (non-hydrogen) atoms. The minimum Gasteiger partial charge on any atom is -0.414 e. The number of rotatable bonds is 2. The molecule has 7 nitrogen and oxygen atoms in total. The topological polar surface area (TPSA) is 109 Å². The molecule has 0 radical (unpaired) electrons. The summed E-state index contributed by atoms with van der Waals surface area (Å²) in [5.74, 6) is -0.489. The van der Waals surface area contributed by atoms with Crippen molar-refractivity contribution in [3.05, 3.63) is 35.4 Å². The first kappa shape index (κ1) is 14.8. The zero-order valence-electron chi connectivity index (χ0n) is 11.0. The molecule has 2 unspecified atom stereocenters. The Hall–Kier alpha value is -2.59. The van der Waals surface area contributed by atoms with Crippen LogP contribution in [0.4, 0.5) is 4.79 Å². The Morgan fingerprint density at radius 1 is 1.52 bits per heavy atom. The molecule has 1 aromatic rings. The molecule has 0 saturated heterocycles. The number of benzene rings is 1. The lowest BCUT2D eigenvalue weighted by molar-refractivity contribution is -0.132. The molecule has 0 fully saturated rings. The number of alkyl halides is 1. The highest BCUT2D eigenvalue weighted by Gasteiger charge is 2.50. The number of nitrogens with two attached hydrogens (primary N) is 1. The van der Waals surface area contributed by atoms with Crippen molar-refractivity contribution >= 4 is 29.9 Å². The summed E-state index contributed by atoms with van der Waals surface area (Å²) < 4.78 is 5.05. The van der Waals surface area contributed by atoms with E-state index < -0.39 is 23.1 Å². The maximum atomic E-state index is 12.0. The van der Waals surface area contributed by atoms with Crippen LogP contribution in [-0.4, -0.2) is 35.7 Å². The summed E-state index contributed by atoms with van der Waals surface area (Å²) in [6, 6.07) is 7.98. The number of ether oxygens (including phenoxy) is 1. The first-order chi connectivity index (χ1) is 9.90. The number of nitrogens with zero attached hydrogens (tertiary/aromatic N) is 3. The highest BCUT2D eigenvalue weighted by atomic mass is 35.5. The van der Waals surface area contributed by atoms with Crippen molar-refractivity contribution in [3.63, 3.8) is 0 Å². The maximum absolute atomic E-state index is 12.0. The molecule has 1 heterocycles. The fraction of sp³-hybridized carbons (Fsp3) is 0.231. The van der Waals surface area contributed by atoms with E-state index in [-0.39, 0.29) is 0 Å². The number of carbonyl (C=O) groups excluding carboxylic acids is 2. The van der Waals surface area contributed by atoms with Crippen LogP contribution in [0.15, 0.2) is 29.3 Å².